The molecule has 2 amide bonds. The van der Waals surface area contributed by atoms with Crippen LogP contribution in [0, 0.1) is 5.92 Å². The number of piperidine rings is 1. The Morgan fingerprint density at radius 1 is 1.06 bits per heavy atom. The van der Waals surface area contributed by atoms with E-state index in [4.69, 9.17) is 4.74 Å². The van der Waals surface area contributed by atoms with Crippen LogP contribution in [-0.4, -0.2) is 57.4 Å². The molecule has 1 aromatic rings. The topological polar surface area (TPSA) is 105 Å². The molecular formula is C23H35N3O5S. The van der Waals surface area contributed by atoms with Gasteiger partial charge in [-0.15, -0.1) is 0 Å². The number of hydrogen-bond acceptors (Lipinski definition) is 5. The molecule has 32 heavy (non-hydrogen) atoms. The van der Waals surface area contributed by atoms with Crippen molar-refractivity contribution in [1.82, 2.24) is 14.9 Å². The number of amides is 2. The van der Waals surface area contributed by atoms with Crippen LogP contribution in [0.2, 0.25) is 0 Å². The zero-order chi connectivity index (χ0) is 23.3. The van der Waals surface area contributed by atoms with E-state index >= 15 is 0 Å². The first-order valence-electron chi connectivity index (χ1n) is 11.5. The largest absolute Gasteiger partial charge is 0.495 e. The molecule has 0 unspecified atom stereocenters. The van der Waals surface area contributed by atoms with Crippen LogP contribution in [0.15, 0.2) is 23.1 Å². The second-order valence-electron chi connectivity index (χ2n) is 9.05. The summed E-state index contributed by atoms with van der Waals surface area (Å²) < 4.78 is 33.1. The Balaban J connectivity index is 1.63. The van der Waals surface area contributed by atoms with Gasteiger partial charge in [0.25, 0.3) is 5.91 Å². The number of methoxy groups -OCH3 is 1. The number of ether oxygens (including phenoxy) is 1. The number of nitrogens with zero attached hydrogens (tertiary/aromatic N) is 1. The van der Waals surface area contributed by atoms with Gasteiger partial charge in [0.1, 0.15) is 10.6 Å². The van der Waals surface area contributed by atoms with Gasteiger partial charge in [0.15, 0.2) is 0 Å². The fraction of sp³-hybridized carbons (Fsp3) is 0.652. The maximum Gasteiger partial charge on any atom is 0.253 e. The van der Waals surface area contributed by atoms with Crippen LogP contribution in [0.25, 0.3) is 0 Å². The normalized spacial score (nSPS) is 18.6. The third-order valence-corrected chi connectivity index (χ3v) is 7.88. The van der Waals surface area contributed by atoms with Crippen molar-refractivity contribution in [2.75, 3.05) is 20.2 Å². The van der Waals surface area contributed by atoms with Gasteiger partial charge < -0.3 is 15.0 Å². The molecule has 0 bridgehead atoms. The van der Waals surface area contributed by atoms with Crippen molar-refractivity contribution in [3.63, 3.8) is 0 Å². The van der Waals surface area contributed by atoms with Crippen LogP contribution >= 0.6 is 0 Å². The minimum atomic E-state index is -3.82. The maximum absolute atomic E-state index is 13.1. The number of likely N-dealkylation sites (tertiary alicyclic amines) is 1. The number of rotatable bonds is 7. The Hall–Kier alpha value is -2.13. The molecule has 2 fully saturated rings. The monoisotopic (exact) mass is 465 g/mol. The maximum atomic E-state index is 13.1. The first kappa shape index (κ1) is 24.5. The van der Waals surface area contributed by atoms with E-state index in [1.807, 2.05) is 0 Å². The molecule has 1 aliphatic carbocycles. The molecule has 2 aliphatic rings. The van der Waals surface area contributed by atoms with Gasteiger partial charge in [-0.3, -0.25) is 9.59 Å². The van der Waals surface area contributed by atoms with Crippen molar-refractivity contribution in [3.05, 3.63) is 23.8 Å². The number of nitrogens with one attached hydrogen (secondary N) is 2. The summed E-state index contributed by atoms with van der Waals surface area (Å²) in [4.78, 5) is 27.2. The zero-order valence-corrected chi connectivity index (χ0v) is 20.0. The Morgan fingerprint density at radius 2 is 1.72 bits per heavy atom. The quantitative estimate of drug-likeness (QED) is 0.644. The van der Waals surface area contributed by atoms with E-state index in [2.05, 4.69) is 10.0 Å². The van der Waals surface area contributed by atoms with E-state index in [1.54, 1.807) is 24.8 Å². The summed E-state index contributed by atoms with van der Waals surface area (Å²) in [6.07, 6.45) is 6.79. The van der Waals surface area contributed by atoms with Crippen molar-refractivity contribution >= 4 is 21.8 Å². The van der Waals surface area contributed by atoms with Crippen LogP contribution < -0.4 is 14.8 Å². The van der Waals surface area contributed by atoms with E-state index in [0.29, 0.717) is 31.5 Å². The number of carbonyl (C=O) groups excluding carboxylic acids is 2. The molecule has 1 saturated heterocycles. The smallest absolute Gasteiger partial charge is 0.253 e. The minimum Gasteiger partial charge on any atom is -0.495 e. The zero-order valence-electron chi connectivity index (χ0n) is 19.2. The molecule has 0 aromatic heterocycles. The molecule has 1 heterocycles. The van der Waals surface area contributed by atoms with Crippen molar-refractivity contribution < 1.29 is 22.7 Å². The molecule has 0 radical (unpaired) electrons. The third-order valence-electron chi connectivity index (χ3n) is 6.20. The van der Waals surface area contributed by atoms with Crippen LogP contribution in [0.1, 0.15) is 69.2 Å². The molecule has 2 N–H and O–H groups in total. The molecule has 1 saturated carbocycles. The Labute approximate surface area is 191 Å². The lowest BCUT2D eigenvalue weighted by Crippen LogP contribution is -2.48. The predicted molar refractivity (Wildman–Crippen MR) is 122 cm³/mol. The molecule has 9 heteroatoms. The molecule has 1 aromatic carbocycles. The summed E-state index contributed by atoms with van der Waals surface area (Å²) >= 11 is 0. The van der Waals surface area contributed by atoms with Crippen LogP contribution in [0.3, 0.4) is 0 Å². The van der Waals surface area contributed by atoms with Gasteiger partial charge in [-0.05, 0) is 57.7 Å². The summed E-state index contributed by atoms with van der Waals surface area (Å²) in [7, 11) is -2.41. The lowest BCUT2D eigenvalue weighted by atomic mass is 9.88. The van der Waals surface area contributed by atoms with Crippen LogP contribution in [0.5, 0.6) is 5.75 Å². The number of hydrogen-bond donors (Lipinski definition) is 2. The summed E-state index contributed by atoms with van der Waals surface area (Å²) in [6.45, 7) is 4.51. The highest BCUT2D eigenvalue weighted by Gasteiger charge is 2.29. The standard InChI is InChI=1S/C23H35N3O5S/c1-16(2)25-32(29,30)21-15-18(9-10-20(21)31-3)23(28)26-13-11-19(12-14-26)24-22(27)17-7-5-4-6-8-17/h9-10,15-17,19,25H,4-8,11-14H2,1-3H3,(H,24,27). The molecule has 0 spiro atoms. The summed E-state index contributed by atoms with van der Waals surface area (Å²) in [5.41, 5.74) is 0.305. The van der Waals surface area contributed by atoms with Crippen molar-refractivity contribution in [3.8, 4) is 5.75 Å². The molecule has 0 atom stereocenters. The molecule has 3 rings (SSSR count). The summed E-state index contributed by atoms with van der Waals surface area (Å²) in [5.74, 6) is 0.254. The van der Waals surface area contributed by atoms with E-state index < -0.39 is 10.0 Å². The highest BCUT2D eigenvalue weighted by molar-refractivity contribution is 7.89. The Bertz CT molecular complexity index is 918. The van der Waals surface area contributed by atoms with Crippen molar-refractivity contribution in [2.45, 2.75) is 75.8 Å². The highest BCUT2D eigenvalue weighted by Crippen LogP contribution is 2.27. The van der Waals surface area contributed by atoms with E-state index in [-0.39, 0.29) is 40.5 Å². The average Bonchev–Trinajstić information content (AvgIpc) is 2.78. The molecule has 8 nitrogen and oxygen atoms in total. The lowest BCUT2D eigenvalue weighted by molar-refractivity contribution is -0.126. The molecule has 1 aliphatic heterocycles. The predicted octanol–water partition coefficient (Wildman–Crippen LogP) is 2.68. The second-order valence-corrected chi connectivity index (χ2v) is 10.7. The number of carbonyl (C=O) groups is 2. The third kappa shape index (κ3) is 6.01. The Kier molecular flexibility index (Phi) is 8.16. The number of sulfonamides is 1. The van der Waals surface area contributed by atoms with E-state index in [9.17, 15) is 18.0 Å². The summed E-state index contributed by atoms with van der Waals surface area (Å²) in [6, 6.07) is 4.27. The van der Waals surface area contributed by atoms with Gasteiger partial charge in [0, 0.05) is 36.7 Å². The minimum absolute atomic E-state index is 0.0471. The van der Waals surface area contributed by atoms with Gasteiger partial charge in [-0.2, -0.15) is 0 Å². The summed E-state index contributed by atoms with van der Waals surface area (Å²) in [5, 5.41) is 3.17. The Morgan fingerprint density at radius 3 is 2.31 bits per heavy atom. The van der Waals surface area contributed by atoms with Gasteiger partial charge in [0.2, 0.25) is 15.9 Å². The lowest BCUT2D eigenvalue weighted by Gasteiger charge is -2.33. The second kappa shape index (κ2) is 10.7. The molecular weight excluding hydrogens is 430 g/mol. The van der Waals surface area contributed by atoms with Gasteiger partial charge in [0.05, 0.1) is 7.11 Å². The first-order valence-corrected chi connectivity index (χ1v) is 13.0. The average molecular weight is 466 g/mol. The first-order chi connectivity index (χ1) is 15.2. The fourth-order valence-corrected chi connectivity index (χ4v) is 5.93. The highest BCUT2D eigenvalue weighted by atomic mass is 32.2. The van der Waals surface area contributed by atoms with Gasteiger partial charge in [-0.1, -0.05) is 19.3 Å². The van der Waals surface area contributed by atoms with Crippen LogP contribution in [-0.2, 0) is 14.8 Å². The fourth-order valence-electron chi connectivity index (χ4n) is 4.49. The number of benzene rings is 1. The van der Waals surface area contributed by atoms with Crippen molar-refractivity contribution in [1.29, 1.82) is 0 Å². The van der Waals surface area contributed by atoms with E-state index in [0.717, 1.165) is 25.7 Å². The van der Waals surface area contributed by atoms with Crippen molar-refractivity contribution in [2.24, 2.45) is 5.92 Å². The van der Waals surface area contributed by atoms with Crippen LogP contribution in [0.4, 0.5) is 0 Å². The molecule has 178 valence electrons. The SMILES string of the molecule is COc1ccc(C(=O)N2CCC(NC(=O)C3CCCCC3)CC2)cc1S(=O)(=O)NC(C)C. The van der Waals surface area contributed by atoms with E-state index in [1.165, 1.54) is 25.7 Å². The van der Waals surface area contributed by atoms with Gasteiger partial charge >= 0.3 is 0 Å². The van der Waals surface area contributed by atoms with Gasteiger partial charge in [-0.25, -0.2) is 13.1 Å².